The van der Waals surface area contributed by atoms with E-state index in [1.165, 1.54) is 12.1 Å². The normalized spacial score (nSPS) is 12.5. The molecule has 0 fully saturated rings. The summed E-state index contributed by atoms with van der Waals surface area (Å²) in [4.78, 5) is 24.7. The zero-order chi connectivity index (χ0) is 20.9. The number of alkyl halides is 3. The number of amides is 2. The topological polar surface area (TPSA) is 58.2 Å². The molecule has 0 aliphatic heterocycles. The lowest BCUT2D eigenvalue weighted by atomic mass is 9.96. The lowest BCUT2D eigenvalue weighted by molar-refractivity contribution is -0.137. The fourth-order valence-corrected chi connectivity index (χ4v) is 2.73. The maximum absolute atomic E-state index is 12.7. The van der Waals surface area contributed by atoms with Crippen LogP contribution >= 0.6 is 0 Å². The van der Waals surface area contributed by atoms with Crippen molar-refractivity contribution in [3.63, 3.8) is 0 Å². The number of carbonyl (C=O) groups excluding carboxylic acids is 2. The van der Waals surface area contributed by atoms with E-state index < -0.39 is 11.7 Å². The summed E-state index contributed by atoms with van der Waals surface area (Å²) in [5.41, 5.74) is 0.656. The molecule has 2 aromatic carbocycles. The summed E-state index contributed by atoms with van der Waals surface area (Å²) < 4.78 is 38.0. The summed E-state index contributed by atoms with van der Waals surface area (Å²) in [6.45, 7) is 5.44. The van der Waals surface area contributed by atoms with E-state index in [1.54, 1.807) is 31.2 Å². The van der Waals surface area contributed by atoms with Gasteiger partial charge in [0.05, 0.1) is 16.8 Å². The number of anilines is 1. The van der Waals surface area contributed by atoms with Crippen molar-refractivity contribution >= 4 is 17.5 Å². The summed E-state index contributed by atoms with van der Waals surface area (Å²) in [6, 6.07) is 11.4. The first-order chi connectivity index (χ1) is 13.1. The van der Waals surface area contributed by atoms with E-state index >= 15 is 0 Å². The molecule has 4 nitrogen and oxygen atoms in total. The van der Waals surface area contributed by atoms with Crippen LogP contribution in [0.5, 0.6) is 0 Å². The van der Waals surface area contributed by atoms with Gasteiger partial charge in [-0.25, -0.2) is 0 Å². The lowest BCUT2D eigenvalue weighted by Gasteiger charge is -2.16. The largest absolute Gasteiger partial charge is 0.416 e. The van der Waals surface area contributed by atoms with Gasteiger partial charge in [0.15, 0.2) is 0 Å². The zero-order valence-corrected chi connectivity index (χ0v) is 15.9. The molecule has 2 rings (SSSR count). The summed E-state index contributed by atoms with van der Waals surface area (Å²) in [7, 11) is 0. The Hall–Kier alpha value is -2.83. The number of nitrogens with one attached hydrogen (secondary N) is 2. The fourth-order valence-electron chi connectivity index (χ4n) is 2.73. The standard InChI is InChI=1S/C21H23F3N2O2/c1-13(2)25-20(28)17-6-4-5-7-18(17)26-19(27)12-14(3)15-8-10-16(11-9-15)21(22,23)24/h4-11,13-14H,12H2,1-3H3,(H,25,28)(H,26,27). The van der Waals surface area contributed by atoms with Gasteiger partial charge < -0.3 is 10.6 Å². The second kappa shape index (κ2) is 8.91. The maximum Gasteiger partial charge on any atom is 0.416 e. The molecular formula is C21H23F3N2O2. The molecule has 0 saturated heterocycles. The predicted octanol–water partition coefficient (Wildman–Crippen LogP) is 4.98. The van der Waals surface area contributed by atoms with Gasteiger partial charge in [-0.15, -0.1) is 0 Å². The van der Waals surface area contributed by atoms with Crippen LogP contribution in [0.25, 0.3) is 0 Å². The number of hydrogen-bond donors (Lipinski definition) is 2. The average molecular weight is 392 g/mol. The summed E-state index contributed by atoms with van der Waals surface area (Å²) in [5, 5.41) is 5.50. The molecule has 150 valence electrons. The van der Waals surface area contributed by atoms with Crippen molar-refractivity contribution in [2.75, 3.05) is 5.32 Å². The molecule has 0 bridgehead atoms. The minimum atomic E-state index is -4.39. The minimum Gasteiger partial charge on any atom is -0.350 e. The zero-order valence-electron chi connectivity index (χ0n) is 15.9. The van der Waals surface area contributed by atoms with Crippen LogP contribution in [-0.4, -0.2) is 17.9 Å². The highest BCUT2D eigenvalue weighted by Crippen LogP contribution is 2.30. The van der Waals surface area contributed by atoms with Crippen molar-refractivity contribution in [2.45, 2.75) is 45.3 Å². The molecule has 1 unspecified atom stereocenters. The predicted molar refractivity (Wildman–Crippen MR) is 102 cm³/mol. The molecule has 0 aliphatic rings. The van der Waals surface area contributed by atoms with Crippen molar-refractivity contribution in [1.82, 2.24) is 5.32 Å². The third kappa shape index (κ3) is 5.84. The summed E-state index contributed by atoms with van der Waals surface area (Å²) >= 11 is 0. The minimum absolute atomic E-state index is 0.0454. The van der Waals surface area contributed by atoms with Crippen molar-refractivity contribution < 1.29 is 22.8 Å². The molecule has 0 aliphatic carbocycles. The van der Waals surface area contributed by atoms with Gasteiger partial charge in [-0.3, -0.25) is 9.59 Å². The highest BCUT2D eigenvalue weighted by molar-refractivity contribution is 6.03. The third-order valence-corrected chi connectivity index (χ3v) is 4.16. The van der Waals surface area contributed by atoms with E-state index in [2.05, 4.69) is 10.6 Å². The average Bonchev–Trinajstić information content (AvgIpc) is 2.60. The molecule has 0 aromatic heterocycles. The van der Waals surface area contributed by atoms with Crippen LogP contribution in [0.15, 0.2) is 48.5 Å². The first kappa shape index (κ1) is 21.5. The summed E-state index contributed by atoms with van der Waals surface area (Å²) in [6.07, 6.45) is -4.31. The Kier molecular flexibility index (Phi) is 6.83. The second-order valence-electron chi connectivity index (χ2n) is 6.95. The van der Waals surface area contributed by atoms with E-state index in [4.69, 9.17) is 0 Å². The quantitative estimate of drug-likeness (QED) is 0.729. The van der Waals surface area contributed by atoms with Crippen molar-refractivity contribution in [2.24, 2.45) is 0 Å². The van der Waals surface area contributed by atoms with E-state index in [9.17, 15) is 22.8 Å². The maximum atomic E-state index is 12.7. The van der Waals surface area contributed by atoms with Gasteiger partial charge in [0.1, 0.15) is 0 Å². The van der Waals surface area contributed by atoms with Gasteiger partial charge in [0.2, 0.25) is 5.91 Å². The molecule has 1 atom stereocenters. The highest BCUT2D eigenvalue weighted by atomic mass is 19.4. The Morgan fingerprint density at radius 3 is 2.14 bits per heavy atom. The van der Waals surface area contributed by atoms with Crippen LogP contribution in [-0.2, 0) is 11.0 Å². The number of para-hydroxylation sites is 1. The molecule has 7 heteroatoms. The Morgan fingerprint density at radius 2 is 1.57 bits per heavy atom. The number of rotatable bonds is 6. The van der Waals surface area contributed by atoms with Crippen LogP contribution in [0.1, 0.15) is 54.6 Å². The van der Waals surface area contributed by atoms with Gasteiger partial charge in [-0.05, 0) is 49.6 Å². The first-order valence-corrected chi connectivity index (χ1v) is 8.95. The van der Waals surface area contributed by atoms with E-state index in [0.717, 1.165) is 12.1 Å². The van der Waals surface area contributed by atoms with Gasteiger partial charge in [-0.1, -0.05) is 31.2 Å². The number of hydrogen-bond acceptors (Lipinski definition) is 2. The Morgan fingerprint density at radius 1 is 0.964 bits per heavy atom. The molecule has 2 N–H and O–H groups in total. The second-order valence-corrected chi connectivity index (χ2v) is 6.95. The van der Waals surface area contributed by atoms with Crippen molar-refractivity contribution in [3.8, 4) is 0 Å². The number of carbonyl (C=O) groups is 2. The molecule has 28 heavy (non-hydrogen) atoms. The SMILES string of the molecule is CC(C)NC(=O)c1ccccc1NC(=O)CC(C)c1ccc(C(F)(F)F)cc1. The van der Waals surface area contributed by atoms with Crippen LogP contribution in [0, 0.1) is 0 Å². The highest BCUT2D eigenvalue weighted by Gasteiger charge is 2.30. The third-order valence-electron chi connectivity index (χ3n) is 4.16. The summed E-state index contributed by atoms with van der Waals surface area (Å²) in [5.74, 6) is -0.891. The monoisotopic (exact) mass is 392 g/mol. The van der Waals surface area contributed by atoms with Gasteiger partial charge in [-0.2, -0.15) is 13.2 Å². The van der Waals surface area contributed by atoms with Crippen LogP contribution < -0.4 is 10.6 Å². The molecule has 0 radical (unpaired) electrons. The van der Waals surface area contributed by atoms with Crippen LogP contribution in [0.3, 0.4) is 0 Å². The Bertz CT molecular complexity index is 830. The molecule has 2 aromatic rings. The number of halogens is 3. The Balaban J connectivity index is 2.05. The van der Waals surface area contributed by atoms with E-state index in [1.807, 2.05) is 13.8 Å². The molecule has 0 heterocycles. The lowest BCUT2D eigenvalue weighted by Crippen LogP contribution is -2.31. The smallest absolute Gasteiger partial charge is 0.350 e. The Labute approximate surface area is 162 Å². The van der Waals surface area contributed by atoms with Crippen molar-refractivity contribution in [1.29, 1.82) is 0 Å². The van der Waals surface area contributed by atoms with Gasteiger partial charge in [0, 0.05) is 12.5 Å². The molecule has 2 amide bonds. The van der Waals surface area contributed by atoms with Gasteiger partial charge >= 0.3 is 6.18 Å². The molecule has 0 spiro atoms. The van der Waals surface area contributed by atoms with E-state index in [0.29, 0.717) is 16.8 Å². The van der Waals surface area contributed by atoms with Crippen LogP contribution in [0.4, 0.5) is 18.9 Å². The fraction of sp³-hybridized carbons (Fsp3) is 0.333. The molecule has 0 saturated carbocycles. The van der Waals surface area contributed by atoms with Crippen molar-refractivity contribution in [3.05, 3.63) is 65.2 Å². The van der Waals surface area contributed by atoms with E-state index in [-0.39, 0.29) is 30.2 Å². The molecular weight excluding hydrogens is 369 g/mol. The first-order valence-electron chi connectivity index (χ1n) is 8.95. The number of benzene rings is 2. The van der Waals surface area contributed by atoms with Gasteiger partial charge in [0.25, 0.3) is 5.91 Å². The van der Waals surface area contributed by atoms with Crippen LogP contribution in [0.2, 0.25) is 0 Å².